The summed E-state index contributed by atoms with van der Waals surface area (Å²) >= 11 is 0. The molecule has 112 valence electrons. The van der Waals surface area contributed by atoms with Gasteiger partial charge in [0, 0.05) is 17.6 Å². The predicted molar refractivity (Wildman–Crippen MR) is 77.9 cm³/mol. The first-order valence-electron chi connectivity index (χ1n) is 6.64. The number of hydrogen-bond donors (Lipinski definition) is 4. The Balaban J connectivity index is 1.96. The molecule has 0 fully saturated rings. The summed E-state index contributed by atoms with van der Waals surface area (Å²) in [7, 11) is 0. The van der Waals surface area contributed by atoms with Crippen LogP contribution in [-0.4, -0.2) is 27.1 Å². The monoisotopic (exact) mass is 299 g/mol. The third-order valence-electron chi connectivity index (χ3n) is 3.59. The van der Waals surface area contributed by atoms with Crippen LogP contribution < -0.4 is 5.32 Å². The lowest BCUT2D eigenvalue weighted by atomic mass is 9.87. The predicted octanol–water partition coefficient (Wildman–Crippen LogP) is 1.67. The van der Waals surface area contributed by atoms with Crippen molar-refractivity contribution >= 4 is 17.9 Å². The number of rotatable bonds is 1. The molecule has 0 atom stereocenters. The van der Waals surface area contributed by atoms with Crippen molar-refractivity contribution in [2.45, 2.75) is 12.8 Å². The molecule has 0 spiro atoms. The van der Waals surface area contributed by atoms with Gasteiger partial charge in [0.15, 0.2) is 11.5 Å². The van der Waals surface area contributed by atoms with E-state index in [0.29, 0.717) is 22.3 Å². The summed E-state index contributed by atoms with van der Waals surface area (Å²) in [4.78, 5) is 23.2. The van der Waals surface area contributed by atoms with Gasteiger partial charge in [-0.2, -0.15) is 0 Å². The van der Waals surface area contributed by atoms with E-state index in [4.69, 9.17) is 0 Å². The fraction of sp³-hybridized carbons (Fsp3) is 0.125. The fourth-order valence-electron chi connectivity index (χ4n) is 2.54. The van der Waals surface area contributed by atoms with Gasteiger partial charge < -0.3 is 15.3 Å². The van der Waals surface area contributed by atoms with Gasteiger partial charge in [-0.1, -0.05) is 12.1 Å². The van der Waals surface area contributed by atoms with Crippen LogP contribution in [0.1, 0.15) is 18.4 Å². The summed E-state index contributed by atoms with van der Waals surface area (Å²) in [5, 5.41) is 31.0. The van der Waals surface area contributed by atoms with Gasteiger partial charge in [-0.05, 0) is 29.3 Å². The second kappa shape index (κ2) is 5.07. The summed E-state index contributed by atoms with van der Waals surface area (Å²) < 4.78 is 0. The summed E-state index contributed by atoms with van der Waals surface area (Å²) in [5.74, 6) is -1.50. The van der Waals surface area contributed by atoms with Crippen LogP contribution in [0.4, 0.5) is 0 Å². The molecular weight excluding hydrogens is 286 g/mol. The number of nitrogens with one attached hydrogen (secondary N) is 1. The summed E-state index contributed by atoms with van der Waals surface area (Å²) in [6, 6.07) is 4.33. The van der Waals surface area contributed by atoms with Crippen LogP contribution in [0, 0.1) is 0 Å². The Bertz CT molecular complexity index is 786. The highest BCUT2D eigenvalue weighted by atomic mass is 16.3. The standard InChI is InChI=1S/C16H13NO5/c18-12-2-1-8(5-14(12)20)3-9-4-11-10(13(19)6-9)7-15(21)17-16(11)22/h1-3,5-6,18-20H,4,7H2,(H,17,21,22). The molecule has 2 amide bonds. The third-order valence-corrected chi connectivity index (χ3v) is 3.59. The Morgan fingerprint density at radius 1 is 1.00 bits per heavy atom. The van der Waals surface area contributed by atoms with Crippen molar-refractivity contribution in [1.82, 2.24) is 5.32 Å². The van der Waals surface area contributed by atoms with E-state index in [9.17, 15) is 24.9 Å². The summed E-state index contributed by atoms with van der Waals surface area (Å²) in [5.41, 5.74) is 2.00. The van der Waals surface area contributed by atoms with Crippen LogP contribution in [0.25, 0.3) is 6.08 Å². The maximum absolute atomic E-state index is 11.9. The highest BCUT2D eigenvalue weighted by Gasteiger charge is 2.30. The number of aromatic hydroxyl groups is 2. The molecule has 2 aliphatic rings. The van der Waals surface area contributed by atoms with E-state index in [2.05, 4.69) is 5.32 Å². The van der Waals surface area contributed by atoms with Crippen LogP contribution in [0.5, 0.6) is 11.5 Å². The first kappa shape index (κ1) is 13.9. The second-order valence-corrected chi connectivity index (χ2v) is 5.18. The quantitative estimate of drug-likeness (QED) is 0.466. The molecule has 3 rings (SSSR count). The van der Waals surface area contributed by atoms with Gasteiger partial charge in [-0.25, -0.2) is 0 Å². The van der Waals surface area contributed by atoms with Crippen LogP contribution >= 0.6 is 0 Å². The number of carbonyl (C=O) groups is 2. The average molecular weight is 299 g/mol. The largest absolute Gasteiger partial charge is 0.508 e. The molecule has 1 aromatic rings. The number of aliphatic hydroxyl groups excluding tert-OH is 1. The highest BCUT2D eigenvalue weighted by Crippen LogP contribution is 2.33. The number of phenols is 2. The highest BCUT2D eigenvalue weighted by molar-refractivity contribution is 6.09. The number of amides is 2. The molecule has 1 aromatic carbocycles. The number of aliphatic hydroxyl groups is 1. The number of hydrogen-bond acceptors (Lipinski definition) is 5. The number of phenolic OH excluding ortho intramolecular Hbond substituents is 2. The van der Waals surface area contributed by atoms with E-state index < -0.39 is 11.8 Å². The molecule has 0 bridgehead atoms. The lowest BCUT2D eigenvalue weighted by Gasteiger charge is -2.23. The van der Waals surface area contributed by atoms with Crippen molar-refractivity contribution in [2.24, 2.45) is 0 Å². The molecule has 0 unspecified atom stereocenters. The SMILES string of the molecule is O=C1CC2=C(CC(=Cc3ccc(O)c(O)c3)C=C2O)C(=O)N1. The van der Waals surface area contributed by atoms with E-state index in [1.54, 1.807) is 12.1 Å². The van der Waals surface area contributed by atoms with Gasteiger partial charge in [0.2, 0.25) is 5.91 Å². The van der Waals surface area contributed by atoms with Crippen molar-refractivity contribution in [3.05, 3.63) is 52.3 Å². The third kappa shape index (κ3) is 2.46. The van der Waals surface area contributed by atoms with Gasteiger partial charge in [0.05, 0.1) is 6.42 Å². The molecule has 1 aliphatic carbocycles. The lowest BCUT2D eigenvalue weighted by molar-refractivity contribution is -0.129. The Hall–Kier alpha value is -3.02. The molecule has 6 heteroatoms. The van der Waals surface area contributed by atoms with Crippen molar-refractivity contribution in [3.63, 3.8) is 0 Å². The van der Waals surface area contributed by atoms with Crippen molar-refractivity contribution in [1.29, 1.82) is 0 Å². The van der Waals surface area contributed by atoms with E-state index in [0.717, 1.165) is 0 Å². The van der Waals surface area contributed by atoms with Gasteiger partial charge >= 0.3 is 0 Å². The minimum atomic E-state index is -0.495. The normalized spacial score (nSPS) is 19.8. The van der Waals surface area contributed by atoms with Gasteiger partial charge in [-0.15, -0.1) is 0 Å². The van der Waals surface area contributed by atoms with Crippen LogP contribution in [0.2, 0.25) is 0 Å². The average Bonchev–Trinajstić information content (AvgIpc) is 2.44. The molecule has 1 heterocycles. The Morgan fingerprint density at radius 2 is 1.77 bits per heavy atom. The molecule has 1 aliphatic heterocycles. The fourth-order valence-corrected chi connectivity index (χ4v) is 2.54. The minimum absolute atomic E-state index is 0.0172. The number of carbonyl (C=O) groups excluding carboxylic acids is 2. The van der Waals surface area contributed by atoms with Crippen molar-refractivity contribution in [3.8, 4) is 11.5 Å². The zero-order chi connectivity index (χ0) is 15.9. The Morgan fingerprint density at radius 3 is 2.50 bits per heavy atom. The zero-order valence-corrected chi connectivity index (χ0v) is 11.5. The first-order chi connectivity index (χ1) is 10.4. The van der Waals surface area contributed by atoms with E-state index in [-0.39, 0.29) is 30.1 Å². The molecule has 0 radical (unpaired) electrons. The van der Waals surface area contributed by atoms with Gasteiger partial charge in [0.1, 0.15) is 5.76 Å². The smallest absolute Gasteiger partial charge is 0.254 e. The maximum atomic E-state index is 11.9. The molecule has 22 heavy (non-hydrogen) atoms. The molecule has 0 aromatic heterocycles. The molecule has 0 saturated carbocycles. The summed E-state index contributed by atoms with van der Waals surface area (Å²) in [6.07, 6.45) is 3.44. The van der Waals surface area contributed by atoms with Crippen molar-refractivity contribution in [2.75, 3.05) is 0 Å². The topological polar surface area (TPSA) is 107 Å². The Kier molecular flexibility index (Phi) is 3.21. The number of allylic oxidation sites excluding steroid dienone is 3. The molecular formula is C16H13NO5. The number of imide groups is 1. The van der Waals surface area contributed by atoms with E-state index in [1.807, 2.05) is 0 Å². The molecule has 6 nitrogen and oxygen atoms in total. The van der Waals surface area contributed by atoms with E-state index >= 15 is 0 Å². The van der Waals surface area contributed by atoms with Crippen LogP contribution in [0.15, 0.2) is 46.8 Å². The van der Waals surface area contributed by atoms with Crippen molar-refractivity contribution < 1.29 is 24.9 Å². The lowest BCUT2D eigenvalue weighted by Crippen LogP contribution is -2.37. The van der Waals surface area contributed by atoms with Gasteiger partial charge in [-0.3, -0.25) is 14.9 Å². The number of benzene rings is 1. The molecule has 0 saturated heterocycles. The Labute approximate surface area is 125 Å². The van der Waals surface area contributed by atoms with E-state index in [1.165, 1.54) is 18.2 Å². The van der Waals surface area contributed by atoms with Crippen LogP contribution in [-0.2, 0) is 9.59 Å². The second-order valence-electron chi connectivity index (χ2n) is 5.18. The summed E-state index contributed by atoms with van der Waals surface area (Å²) in [6.45, 7) is 0. The van der Waals surface area contributed by atoms with Crippen LogP contribution in [0.3, 0.4) is 0 Å². The molecule has 4 N–H and O–H groups in total. The minimum Gasteiger partial charge on any atom is -0.508 e. The first-order valence-corrected chi connectivity index (χ1v) is 6.64. The van der Waals surface area contributed by atoms with Gasteiger partial charge in [0.25, 0.3) is 5.91 Å². The zero-order valence-electron chi connectivity index (χ0n) is 11.5. The maximum Gasteiger partial charge on any atom is 0.254 e.